The number of fused-ring (bicyclic) bond motifs is 1. The zero-order valence-electron chi connectivity index (χ0n) is 33.3. The first-order valence-electron chi connectivity index (χ1n) is 20.3. The maximum Gasteiger partial charge on any atom is 0.269 e. The smallest absolute Gasteiger partial charge is 0.269 e. The van der Waals surface area contributed by atoms with Gasteiger partial charge in [-0.2, -0.15) is 5.10 Å². The van der Waals surface area contributed by atoms with E-state index in [0.717, 1.165) is 41.5 Å². The predicted molar refractivity (Wildman–Crippen MR) is 223 cm³/mol. The molecule has 2 aromatic heterocycles. The predicted octanol–water partition coefficient (Wildman–Crippen LogP) is 6.39. The summed E-state index contributed by atoms with van der Waals surface area (Å²) in [5.41, 5.74) is 5.52. The van der Waals surface area contributed by atoms with E-state index >= 15 is 8.78 Å². The molecule has 1 unspecified atom stereocenters. The van der Waals surface area contributed by atoms with Gasteiger partial charge in [0.25, 0.3) is 5.91 Å². The number of H-pyrrole nitrogens is 1. The van der Waals surface area contributed by atoms with Gasteiger partial charge in [-0.1, -0.05) is 30.3 Å². The summed E-state index contributed by atoms with van der Waals surface area (Å²) in [5.74, 6) is -1.38. The lowest BCUT2D eigenvalue weighted by molar-refractivity contribution is -0.134. The number of hydrogen-bond acceptors (Lipinski definition) is 7. The van der Waals surface area contributed by atoms with Crippen molar-refractivity contribution in [2.75, 3.05) is 50.5 Å². The minimum atomic E-state index is -0.578. The molecule has 0 spiro atoms. The van der Waals surface area contributed by atoms with E-state index in [1.165, 1.54) is 11.0 Å². The third-order valence-corrected chi connectivity index (χ3v) is 11.7. The summed E-state index contributed by atoms with van der Waals surface area (Å²) in [6.45, 7) is 2.72. The van der Waals surface area contributed by atoms with Gasteiger partial charge in [-0.3, -0.25) is 29.2 Å². The highest BCUT2D eigenvalue weighted by Crippen LogP contribution is 2.38. The van der Waals surface area contributed by atoms with Gasteiger partial charge in [0, 0.05) is 88.7 Å². The van der Waals surface area contributed by atoms with Crippen molar-refractivity contribution in [2.24, 2.45) is 5.92 Å². The van der Waals surface area contributed by atoms with Crippen LogP contribution < -0.4 is 15.5 Å². The van der Waals surface area contributed by atoms with Gasteiger partial charge in [-0.25, -0.2) is 8.78 Å². The van der Waals surface area contributed by atoms with Crippen molar-refractivity contribution >= 4 is 51.5 Å². The molecule has 0 bridgehead atoms. The number of nitrogens with one attached hydrogen (secondary N) is 3. The normalized spacial score (nSPS) is 17.6. The van der Waals surface area contributed by atoms with Crippen molar-refractivity contribution in [3.05, 3.63) is 108 Å². The summed E-state index contributed by atoms with van der Waals surface area (Å²) in [7, 11) is 3.32. The summed E-state index contributed by atoms with van der Waals surface area (Å²) in [6.07, 6.45) is 9.65. The number of hydrogen-bond donors (Lipinski definition) is 3. The van der Waals surface area contributed by atoms with Crippen molar-refractivity contribution in [1.82, 2.24) is 29.9 Å². The van der Waals surface area contributed by atoms with Gasteiger partial charge in [0.15, 0.2) is 5.82 Å². The van der Waals surface area contributed by atoms with Crippen LogP contribution in [-0.4, -0.2) is 94.5 Å². The molecular formula is C45H48F2N8O4. The van der Waals surface area contributed by atoms with Crippen molar-refractivity contribution in [1.29, 1.82) is 0 Å². The first-order valence-corrected chi connectivity index (χ1v) is 20.3. The van der Waals surface area contributed by atoms with Crippen LogP contribution >= 0.6 is 0 Å². The molecule has 3 aliphatic rings. The summed E-state index contributed by atoms with van der Waals surface area (Å²) in [6, 6.07) is 18.0. The Morgan fingerprint density at radius 1 is 0.966 bits per heavy atom. The first kappa shape index (κ1) is 39.5. The molecule has 14 heteroatoms. The van der Waals surface area contributed by atoms with Crippen LogP contribution in [0.25, 0.3) is 27.6 Å². The SMILES string of the molecule is CN(C)C(=O)c1cc2c(-c3ccc(CC4CCN(c5ccc(NC6CCC(=O)NC6=O)cc5F)CC4)cc3)cc(C3=CCCN(C(=O)CCn4cccn4)C3)c(F)c2[nH]1. The maximum absolute atomic E-state index is 16.5. The number of aromatic nitrogens is 3. The van der Waals surface area contributed by atoms with Gasteiger partial charge >= 0.3 is 0 Å². The molecule has 0 saturated carbocycles. The molecule has 306 valence electrons. The second kappa shape index (κ2) is 16.9. The van der Waals surface area contributed by atoms with E-state index in [2.05, 4.69) is 37.7 Å². The highest BCUT2D eigenvalue weighted by molar-refractivity contribution is 6.05. The van der Waals surface area contributed by atoms with Crippen LogP contribution in [-0.2, 0) is 27.3 Å². The molecule has 4 amide bonds. The summed E-state index contributed by atoms with van der Waals surface area (Å²) in [4.78, 5) is 58.3. The van der Waals surface area contributed by atoms with Gasteiger partial charge < -0.3 is 25.0 Å². The van der Waals surface area contributed by atoms with Crippen LogP contribution in [0.3, 0.4) is 0 Å². The van der Waals surface area contributed by atoms with Crippen molar-refractivity contribution in [3.8, 4) is 11.1 Å². The molecule has 5 heterocycles. The van der Waals surface area contributed by atoms with E-state index in [-0.39, 0.29) is 47.7 Å². The second-order valence-electron chi connectivity index (χ2n) is 16.0. The lowest BCUT2D eigenvalue weighted by Crippen LogP contribution is -2.47. The van der Waals surface area contributed by atoms with Crippen molar-refractivity contribution in [3.63, 3.8) is 0 Å². The molecule has 1 atom stereocenters. The van der Waals surface area contributed by atoms with Crippen LogP contribution in [0.1, 0.15) is 60.1 Å². The molecule has 0 radical (unpaired) electrons. The molecule has 3 aromatic carbocycles. The second-order valence-corrected chi connectivity index (χ2v) is 16.0. The number of aryl methyl sites for hydroxylation is 1. The molecule has 59 heavy (non-hydrogen) atoms. The van der Waals surface area contributed by atoms with Gasteiger partial charge in [-0.05, 0) is 96.7 Å². The summed E-state index contributed by atoms with van der Waals surface area (Å²) >= 11 is 0. The Morgan fingerprint density at radius 3 is 2.47 bits per heavy atom. The monoisotopic (exact) mass is 802 g/mol. The molecule has 0 aliphatic carbocycles. The zero-order valence-corrected chi connectivity index (χ0v) is 33.3. The topological polar surface area (TPSA) is 136 Å². The quantitative estimate of drug-likeness (QED) is 0.132. The Labute approximate surface area is 341 Å². The maximum atomic E-state index is 16.5. The molecule has 2 saturated heterocycles. The Hall–Kier alpha value is -6.31. The number of rotatable bonds is 11. The van der Waals surface area contributed by atoms with Crippen molar-refractivity contribution < 1.29 is 28.0 Å². The number of nitrogens with zero attached hydrogens (tertiary/aromatic N) is 5. The van der Waals surface area contributed by atoms with Gasteiger partial charge in [-0.15, -0.1) is 0 Å². The molecule has 5 aromatic rings. The lowest BCUT2D eigenvalue weighted by atomic mass is 9.88. The first-order chi connectivity index (χ1) is 28.5. The largest absolute Gasteiger partial charge is 0.374 e. The fourth-order valence-corrected chi connectivity index (χ4v) is 8.46. The zero-order chi connectivity index (χ0) is 41.2. The number of anilines is 2. The van der Waals surface area contributed by atoms with E-state index in [9.17, 15) is 19.2 Å². The lowest BCUT2D eigenvalue weighted by Gasteiger charge is -2.34. The van der Waals surface area contributed by atoms with Crippen LogP contribution in [0.5, 0.6) is 0 Å². The number of carbonyl (C=O) groups excluding carboxylic acids is 4. The third-order valence-electron chi connectivity index (χ3n) is 11.7. The van der Waals surface area contributed by atoms with Gasteiger partial charge in [0.05, 0.1) is 11.2 Å². The molecule has 2 fully saturated rings. The summed E-state index contributed by atoms with van der Waals surface area (Å²) in [5, 5.41) is 10.2. The van der Waals surface area contributed by atoms with Crippen LogP contribution in [0.15, 0.2) is 79.1 Å². The van der Waals surface area contributed by atoms with Crippen LogP contribution in [0.2, 0.25) is 0 Å². The highest BCUT2D eigenvalue weighted by atomic mass is 19.1. The number of piperidine rings is 2. The number of aromatic amines is 1. The van der Waals surface area contributed by atoms with E-state index in [4.69, 9.17) is 0 Å². The number of imide groups is 1. The van der Waals surface area contributed by atoms with Gasteiger partial charge in [0.2, 0.25) is 17.7 Å². The van der Waals surface area contributed by atoms with Crippen molar-refractivity contribution in [2.45, 2.75) is 57.5 Å². The Kier molecular flexibility index (Phi) is 11.3. The number of halogens is 2. The molecule has 3 N–H and O–H groups in total. The minimum Gasteiger partial charge on any atom is -0.374 e. The van der Waals surface area contributed by atoms with E-state index in [1.54, 1.807) is 48.1 Å². The average molecular weight is 803 g/mol. The molecular weight excluding hydrogens is 755 g/mol. The molecule has 8 rings (SSSR count). The van der Waals surface area contributed by atoms with E-state index in [1.807, 2.05) is 36.5 Å². The van der Waals surface area contributed by atoms with Crippen LogP contribution in [0.4, 0.5) is 20.2 Å². The Bertz CT molecular complexity index is 2420. The fraction of sp³-hybridized carbons (Fsp3) is 0.356. The highest BCUT2D eigenvalue weighted by Gasteiger charge is 2.28. The number of amides is 4. The van der Waals surface area contributed by atoms with E-state index in [0.29, 0.717) is 73.7 Å². The van der Waals surface area contributed by atoms with Gasteiger partial charge in [0.1, 0.15) is 17.6 Å². The van der Waals surface area contributed by atoms with Crippen LogP contribution in [0, 0.1) is 17.6 Å². The van der Waals surface area contributed by atoms with E-state index < -0.39 is 17.8 Å². The Morgan fingerprint density at radius 2 is 1.76 bits per heavy atom. The molecule has 3 aliphatic heterocycles. The molecule has 12 nitrogen and oxygen atoms in total. The number of carbonyl (C=O) groups is 4. The average Bonchev–Trinajstić information content (AvgIpc) is 3.93. The standard InChI is InChI=1S/C45H48F2N8O4/c1-52(2)45(59)38-26-35-33(25-34(42(47)43(35)50-38)31-5-3-18-54(27-31)41(57)16-22-55-19-4-17-48-55)30-8-6-28(7-9-30)23-29-14-20-53(21-15-29)39-12-10-32(24-36(39)46)49-37-11-13-40(56)51-44(37)58/h4-10,12,17,19,24-26,29,37,49-50H,3,11,13-16,18,20-23,27H2,1-2H3,(H,51,56,58). The summed E-state index contributed by atoms with van der Waals surface area (Å²) < 4.78 is 33.6. The Balaban J connectivity index is 0.956. The number of benzene rings is 3. The fourth-order valence-electron chi connectivity index (χ4n) is 8.46. The third kappa shape index (κ3) is 8.62. The minimum absolute atomic E-state index is 0.0183.